The van der Waals surface area contributed by atoms with Gasteiger partial charge in [-0.15, -0.1) is 0 Å². The third-order valence-electron chi connectivity index (χ3n) is 5.04. The number of nitrogens with one attached hydrogen (secondary N) is 2. The second-order valence-electron chi connectivity index (χ2n) is 7.28. The molecule has 1 aromatic heterocycles. The quantitative estimate of drug-likeness (QED) is 0.682. The van der Waals surface area contributed by atoms with Crippen LogP contribution in [0, 0.1) is 5.92 Å². The molecule has 0 saturated carbocycles. The molecule has 1 unspecified atom stereocenters. The topological polar surface area (TPSA) is 118 Å². The molecular weight excluding hydrogens is 402 g/mol. The summed E-state index contributed by atoms with van der Waals surface area (Å²) in [7, 11) is 0. The molecule has 9 nitrogen and oxygen atoms in total. The highest BCUT2D eigenvalue weighted by molar-refractivity contribution is 5.97. The van der Waals surface area contributed by atoms with Crippen LogP contribution >= 0.6 is 0 Å². The van der Waals surface area contributed by atoms with Crippen LogP contribution in [0.5, 0.6) is 0 Å². The Labute approximate surface area is 179 Å². The minimum absolute atomic E-state index is 0.217. The van der Waals surface area contributed by atoms with E-state index in [2.05, 4.69) is 10.6 Å². The number of piperidine rings is 1. The normalized spacial score (nSPS) is 15.1. The number of ether oxygens (including phenoxy) is 1. The van der Waals surface area contributed by atoms with E-state index in [1.165, 1.54) is 13.2 Å². The Morgan fingerprint density at radius 1 is 1.10 bits per heavy atom. The maximum absolute atomic E-state index is 12.4. The number of imide groups is 1. The van der Waals surface area contributed by atoms with Gasteiger partial charge in [-0.1, -0.05) is 30.3 Å². The predicted octanol–water partition coefficient (Wildman–Crippen LogP) is 2.09. The average molecular weight is 427 g/mol. The lowest BCUT2D eigenvalue weighted by Gasteiger charge is -2.30. The molecule has 1 fully saturated rings. The van der Waals surface area contributed by atoms with Crippen molar-refractivity contribution >= 4 is 23.8 Å². The first-order valence-electron chi connectivity index (χ1n) is 10.1. The standard InChI is InChI=1S/C22H25N3O6/c1-15(19(26)24-22(29)23-14-16-6-3-2-4-7-16)31-21(28)17-9-11-25(12-10-17)20(27)18-8-5-13-30-18/h2-8,13,15,17H,9-12,14H2,1H3,(H2,23,24,26,29). The first-order valence-corrected chi connectivity index (χ1v) is 10.1. The maximum atomic E-state index is 12.4. The summed E-state index contributed by atoms with van der Waals surface area (Å²) in [6.07, 6.45) is 1.18. The van der Waals surface area contributed by atoms with E-state index < -0.39 is 29.9 Å². The summed E-state index contributed by atoms with van der Waals surface area (Å²) in [6.45, 7) is 2.46. The Morgan fingerprint density at radius 3 is 2.45 bits per heavy atom. The minimum Gasteiger partial charge on any atom is -0.459 e. The molecule has 3 rings (SSSR count). The maximum Gasteiger partial charge on any atom is 0.321 e. The summed E-state index contributed by atoms with van der Waals surface area (Å²) in [5, 5.41) is 4.74. The lowest BCUT2D eigenvalue weighted by Crippen LogP contribution is -2.45. The number of furan rings is 1. The molecule has 2 aromatic rings. The number of carbonyl (C=O) groups excluding carboxylic acids is 4. The van der Waals surface area contributed by atoms with Gasteiger partial charge in [-0.25, -0.2) is 4.79 Å². The number of hydrogen-bond donors (Lipinski definition) is 2. The molecule has 0 spiro atoms. The van der Waals surface area contributed by atoms with Gasteiger partial charge in [0, 0.05) is 19.6 Å². The van der Waals surface area contributed by atoms with Gasteiger partial charge in [-0.2, -0.15) is 0 Å². The van der Waals surface area contributed by atoms with Crippen LogP contribution in [-0.4, -0.2) is 47.9 Å². The van der Waals surface area contributed by atoms with E-state index in [4.69, 9.17) is 9.15 Å². The molecular formula is C22H25N3O6. The van der Waals surface area contributed by atoms with Crippen LogP contribution in [0.25, 0.3) is 0 Å². The van der Waals surface area contributed by atoms with E-state index in [-0.39, 0.29) is 18.2 Å². The van der Waals surface area contributed by atoms with E-state index in [1.807, 2.05) is 30.3 Å². The molecule has 2 heterocycles. The molecule has 31 heavy (non-hydrogen) atoms. The largest absolute Gasteiger partial charge is 0.459 e. The van der Waals surface area contributed by atoms with Crippen molar-refractivity contribution in [1.29, 1.82) is 0 Å². The molecule has 0 aliphatic carbocycles. The first kappa shape index (κ1) is 22.1. The predicted molar refractivity (Wildman–Crippen MR) is 110 cm³/mol. The number of carbonyl (C=O) groups is 4. The number of esters is 1. The Kier molecular flexibility index (Phi) is 7.42. The van der Waals surface area contributed by atoms with Crippen molar-refractivity contribution in [3.63, 3.8) is 0 Å². The zero-order valence-electron chi connectivity index (χ0n) is 17.2. The van der Waals surface area contributed by atoms with Crippen LogP contribution in [0.3, 0.4) is 0 Å². The van der Waals surface area contributed by atoms with Crippen LogP contribution in [0.4, 0.5) is 4.79 Å². The highest BCUT2D eigenvalue weighted by Crippen LogP contribution is 2.21. The van der Waals surface area contributed by atoms with Crippen LogP contribution in [-0.2, 0) is 20.9 Å². The summed E-state index contributed by atoms with van der Waals surface area (Å²) < 4.78 is 10.3. The highest BCUT2D eigenvalue weighted by Gasteiger charge is 2.31. The highest BCUT2D eigenvalue weighted by atomic mass is 16.5. The van der Waals surface area contributed by atoms with Crippen molar-refractivity contribution in [3.05, 3.63) is 60.1 Å². The molecule has 1 aliphatic rings. The minimum atomic E-state index is -1.11. The SMILES string of the molecule is CC(OC(=O)C1CCN(C(=O)c2ccco2)CC1)C(=O)NC(=O)NCc1ccccc1. The van der Waals surface area contributed by atoms with Crippen molar-refractivity contribution < 1.29 is 28.3 Å². The van der Waals surface area contributed by atoms with Gasteiger partial charge in [0.25, 0.3) is 11.8 Å². The third kappa shape index (κ3) is 6.18. The van der Waals surface area contributed by atoms with Crippen LogP contribution in [0.15, 0.2) is 53.1 Å². The molecule has 0 radical (unpaired) electrons. The molecule has 1 aromatic carbocycles. The fourth-order valence-electron chi connectivity index (χ4n) is 3.23. The summed E-state index contributed by atoms with van der Waals surface area (Å²) in [5.74, 6) is -1.59. The van der Waals surface area contributed by atoms with Crippen LogP contribution in [0.1, 0.15) is 35.9 Å². The number of hydrogen-bond acceptors (Lipinski definition) is 6. The lowest BCUT2D eigenvalue weighted by molar-refractivity contribution is -0.159. The lowest BCUT2D eigenvalue weighted by atomic mass is 9.97. The Bertz CT molecular complexity index is 905. The summed E-state index contributed by atoms with van der Waals surface area (Å²) >= 11 is 0. The van der Waals surface area contributed by atoms with Gasteiger partial charge in [0.15, 0.2) is 11.9 Å². The van der Waals surface area contributed by atoms with E-state index in [1.54, 1.807) is 17.0 Å². The number of urea groups is 1. The molecule has 1 saturated heterocycles. The Morgan fingerprint density at radius 2 is 1.81 bits per heavy atom. The molecule has 164 valence electrons. The van der Waals surface area contributed by atoms with Gasteiger partial charge in [0.05, 0.1) is 12.2 Å². The smallest absolute Gasteiger partial charge is 0.321 e. The monoisotopic (exact) mass is 427 g/mol. The second-order valence-corrected chi connectivity index (χ2v) is 7.28. The molecule has 9 heteroatoms. The number of amides is 4. The van der Waals surface area contributed by atoms with Crippen molar-refractivity contribution in [1.82, 2.24) is 15.5 Å². The second kappa shape index (κ2) is 10.4. The van der Waals surface area contributed by atoms with Gasteiger partial charge in [0.1, 0.15) is 0 Å². The van der Waals surface area contributed by atoms with Crippen molar-refractivity contribution in [2.75, 3.05) is 13.1 Å². The number of likely N-dealkylation sites (tertiary alicyclic amines) is 1. The van der Waals surface area contributed by atoms with E-state index in [0.29, 0.717) is 25.9 Å². The summed E-state index contributed by atoms with van der Waals surface area (Å²) in [4.78, 5) is 50.3. The Balaban J connectivity index is 1.39. The molecule has 1 atom stereocenters. The number of benzene rings is 1. The fourth-order valence-corrected chi connectivity index (χ4v) is 3.23. The van der Waals surface area contributed by atoms with E-state index in [9.17, 15) is 19.2 Å². The van der Waals surface area contributed by atoms with Crippen LogP contribution < -0.4 is 10.6 Å². The van der Waals surface area contributed by atoms with Gasteiger partial charge >= 0.3 is 12.0 Å². The number of rotatable bonds is 6. The van der Waals surface area contributed by atoms with Gasteiger partial charge in [0.2, 0.25) is 0 Å². The van der Waals surface area contributed by atoms with Gasteiger partial charge < -0.3 is 19.4 Å². The van der Waals surface area contributed by atoms with Gasteiger partial charge in [-0.05, 0) is 37.5 Å². The van der Waals surface area contributed by atoms with E-state index in [0.717, 1.165) is 5.56 Å². The molecule has 2 N–H and O–H groups in total. The Hall–Kier alpha value is -3.62. The third-order valence-corrected chi connectivity index (χ3v) is 5.04. The van der Waals surface area contributed by atoms with Gasteiger partial charge in [-0.3, -0.25) is 19.7 Å². The first-order chi connectivity index (χ1) is 14.9. The van der Waals surface area contributed by atoms with Crippen LogP contribution in [0.2, 0.25) is 0 Å². The molecule has 0 bridgehead atoms. The van der Waals surface area contributed by atoms with E-state index >= 15 is 0 Å². The molecule has 1 aliphatic heterocycles. The average Bonchev–Trinajstić information content (AvgIpc) is 3.33. The van der Waals surface area contributed by atoms with Crippen molar-refractivity contribution in [3.8, 4) is 0 Å². The molecule has 4 amide bonds. The van der Waals surface area contributed by atoms with Crippen molar-refractivity contribution in [2.45, 2.75) is 32.4 Å². The van der Waals surface area contributed by atoms with Crippen molar-refractivity contribution in [2.24, 2.45) is 5.92 Å². The summed E-state index contributed by atoms with van der Waals surface area (Å²) in [5.41, 5.74) is 0.890. The summed E-state index contributed by atoms with van der Waals surface area (Å²) in [6, 6.07) is 11.8. The zero-order valence-corrected chi connectivity index (χ0v) is 17.2. The fraction of sp³-hybridized carbons (Fsp3) is 0.364. The number of nitrogens with zero attached hydrogens (tertiary/aromatic N) is 1. The zero-order chi connectivity index (χ0) is 22.2.